The van der Waals surface area contributed by atoms with Crippen LogP contribution in [0.5, 0.6) is 0 Å². The zero-order valence-electron chi connectivity index (χ0n) is 12.2. The Labute approximate surface area is 134 Å². The maximum absolute atomic E-state index is 12.1. The third kappa shape index (κ3) is 3.61. The van der Waals surface area contributed by atoms with Crippen molar-refractivity contribution >= 4 is 22.9 Å². The molecule has 0 N–H and O–H groups in total. The van der Waals surface area contributed by atoms with Crippen LogP contribution in [0.3, 0.4) is 0 Å². The number of amides is 1. The van der Waals surface area contributed by atoms with E-state index in [1.54, 1.807) is 16.9 Å². The Morgan fingerprint density at radius 1 is 1.33 bits per heavy atom. The number of carbonyl (C=O) groups is 1. The number of hydrogen-bond acceptors (Lipinski definition) is 3. The number of hydrogen-bond donors (Lipinski definition) is 0. The predicted molar refractivity (Wildman–Crippen MR) is 83.0 cm³/mol. The van der Waals surface area contributed by atoms with Gasteiger partial charge >= 0.3 is 128 Å². The van der Waals surface area contributed by atoms with E-state index in [0.29, 0.717) is 11.3 Å². The molecule has 1 spiro atoms. The van der Waals surface area contributed by atoms with E-state index >= 15 is 0 Å². The van der Waals surface area contributed by atoms with E-state index in [4.69, 9.17) is 9.47 Å². The topological polar surface area (TPSA) is 38.8 Å². The van der Waals surface area contributed by atoms with Crippen LogP contribution in [-0.4, -0.2) is 53.1 Å². The van der Waals surface area contributed by atoms with Crippen LogP contribution in [0.2, 0.25) is 4.71 Å². The summed E-state index contributed by atoms with van der Waals surface area (Å²) in [6.07, 6.45) is 2.82. The SMILES string of the molecule is O=C(OCc1ccccc1)N1CCC2(CC1)C[C@@H]([AsH2])CO2. The minimum absolute atomic E-state index is 0.0391. The standard InChI is InChI=1S/C16H22AsNO3/c17-14-10-16(21-12-14)6-8-18(9-7-16)15(19)20-11-13-4-2-1-3-5-13/h1-5,14H,6-12,17H2/t14-/m1/s1. The molecule has 0 radical (unpaired) electrons. The van der Waals surface area contributed by atoms with Gasteiger partial charge in [0.15, 0.2) is 0 Å². The van der Waals surface area contributed by atoms with Crippen molar-refractivity contribution in [2.24, 2.45) is 0 Å². The van der Waals surface area contributed by atoms with Crippen molar-refractivity contribution in [1.29, 1.82) is 0 Å². The summed E-state index contributed by atoms with van der Waals surface area (Å²) in [5.74, 6) is 0. The Morgan fingerprint density at radius 2 is 2.05 bits per heavy atom. The van der Waals surface area contributed by atoms with Gasteiger partial charge in [-0.2, -0.15) is 0 Å². The molecule has 1 amide bonds. The first-order chi connectivity index (χ1) is 10.2. The van der Waals surface area contributed by atoms with Crippen LogP contribution in [0.25, 0.3) is 0 Å². The molecule has 21 heavy (non-hydrogen) atoms. The van der Waals surface area contributed by atoms with E-state index in [0.717, 1.165) is 44.5 Å². The molecule has 1 unspecified atom stereocenters. The summed E-state index contributed by atoms with van der Waals surface area (Å²) in [5.41, 5.74) is 1.06. The second kappa shape index (κ2) is 6.41. The molecule has 0 aromatic heterocycles. The van der Waals surface area contributed by atoms with Gasteiger partial charge in [0, 0.05) is 0 Å². The Kier molecular flexibility index (Phi) is 4.56. The fourth-order valence-electron chi connectivity index (χ4n) is 3.14. The monoisotopic (exact) mass is 351 g/mol. The molecule has 1 aromatic rings. The van der Waals surface area contributed by atoms with E-state index in [1.165, 1.54) is 0 Å². The summed E-state index contributed by atoms with van der Waals surface area (Å²) in [7, 11) is 0. The van der Waals surface area contributed by atoms with Crippen LogP contribution >= 0.6 is 0 Å². The molecule has 0 aliphatic carbocycles. The van der Waals surface area contributed by atoms with Gasteiger partial charge in [-0.25, -0.2) is 0 Å². The molecule has 2 aliphatic heterocycles. The zero-order chi connectivity index (χ0) is 14.7. The first-order valence-corrected chi connectivity index (χ1v) is 8.92. The van der Waals surface area contributed by atoms with E-state index in [2.05, 4.69) is 0 Å². The summed E-state index contributed by atoms with van der Waals surface area (Å²) < 4.78 is 12.1. The van der Waals surface area contributed by atoms with Gasteiger partial charge in [0.05, 0.1) is 0 Å². The summed E-state index contributed by atoms with van der Waals surface area (Å²) in [4.78, 5) is 13.9. The van der Waals surface area contributed by atoms with Gasteiger partial charge in [-0.05, 0) is 0 Å². The van der Waals surface area contributed by atoms with Crippen molar-refractivity contribution in [3.05, 3.63) is 35.9 Å². The van der Waals surface area contributed by atoms with Gasteiger partial charge < -0.3 is 0 Å². The minimum atomic E-state index is -0.205. The summed E-state index contributed by atoms with van der Waals surface area (Å²) in [5, 5.41) is 0. The van der Waals surface area contributed by atoms with E-state index < -0.39 is 0 Å². The number of carbonyl (C=O) groups excluding carboxylic acids is 1. The average Bonchev–Trinajstić information content (AvgIpc) is 2.87. The summed E-state index contributed by atoms with van der Waals surface area (Å²) in [6.45, 7) is 2.72. The van der Waals surface area contributed by atoms with Crippen LogP contribution in [0, 0.1) is 0 Å². The van der Waals surface area contributed by atoms with Gasteiger partial charge in [-0.15, -0.1) is 0 Å². The maximum atomic E-state index is 12.1. The van der Waals surface area contributed by atoms with E-state index in [-0.39, 0.29) is 11.7 Å². The Morgan fingerprint density at radius 3 is 2.67 bits per heavy atom. The van der Waals surface area contributed by atoms with Crippen molar-refractivity contribution in [3.8, 4) is 0 Å². The first-order valence-electron chi connectivity index (χ1n) is 7.52. The molecule has 4 nitrogen and oxygen atoms in total. The molecule has 0 bridgehead atoms. The van der Waals surface area contributed by atoms with Gasteiger partial charge in [-0.1, -0.05) is 6.07 Å². The normalized spacial score (nSPS) is 24.2. The fourth-order valence-corrected chi connectivity index (χ4v) is 4.24. The number of likely N-dealkylation sites (tertiary alicyclic amines) is 1. The van der Waals surface area contributed by atoms with Gasteiger partial charge in [0.2, 0.25) is 0 Å². The molecule has 1 aromatic carbocycles. The molecule has 2 fully saturated rings. The Hall–Kier alpha value is -0.992. The summed E-state index contributed by atoms with van der Waals surface area (Å²) in [6, 6.07) is 9.79. The Balaban J connectivity index is 1.47. The second-order valence-corrected chi connectivity index (χ2v) is 7.96. The quantitative estimate of drug-likeness (QED) is 0.765. The molecular formula is C16H22AsNO3. The molecular weight excluding hydrogens is 329 g/mol. The van der Waals surface area contributed by atoms with Crippen LogP contribution in [0.1, 0.15) is 24.8 Å². The molecule has 114 valence electrons. The number of rotatable bonds is 2. The van der Waals surface area contributed by atoms with Crippen molar-refractivity contribution in [3.63, 3.8) is 0 Å². The number of benzene rings is 1. The molecule has 2 aliphatic rings. The van der Waals surface area contributed by atoms with Crippen LogP contribution in [0.4, 0.5) is 4.79 Å². The van der Waals surface area contributed by atoms with Crippen molar-refractivity contribution in [1.82, 2.24) is 4.90 Å². The molecule has 3 rings (SSSR count). The van der Waals surface area contributed by atoms with E-state index in [9.17, 15) is 4.79 Å². The van der Waals surface area contributed by atoms with Gasteiger partial charge in [0.25, 0.3) is 0 Å². The number of nitrogens with zero attached hydrogens (tertiary/aromatic N) is 1. The van der Waals surface area contributed by atoms with Gasteiger partial charge in [0.1, 0.15) is 0 Å². The van der Waals surface area contributed by atoms with Gasteiger partial charge in [-0.3, -0.25) is 0 Å². The fraction of sp³-hybridized carbons (Fsp3) is 0.562. The second-order valence-electron chi connectivity index (χ2n) is 5.99. The van der Waals surface area contributed by atoms with E-state index in [1.807, 2.05) is 35.2 Å². The molecule has 5 heteroatoms. The molecule has 0 saturated carbocycles. The van der Waals surface area contributed by atoms with Crippen molar-refractivity contribution in [2.75, 3.05) is 19.7 Å². The van der Waals surface area contributed by atoms with Crippen LogP contribution < -0.4 is 0 Å². The number of piperidine rings is 1. The third-order valence-electron chi connectivity index (χ3n) is 4.38. The molecule has 2 atom stereocenters. The Bertz CT molecular complexity index is 486. The molecule has 2 saturated heterocycles. The molecule has 2 heterocycles. The van der Waals surface area contributed by atoms with Crippen LogP contribution in [-0.2, 0) is 16.1 Å². The third-order valence-corrected chi connectivity index (χ3v) is 5.27. The van der Waals surface area contributed by atoms with Crippen molar-refractivity contribution in [2.45, 2.75) is 36.2 Å². The number of ether oxygens (including phenoxy) is 2. The first kappa shape index (κ1) is 14.9. The van der Waals surface area contributed by atoms with Crippen LogP contribution in [0.15, 0.2) is 30.3 Å². The summed E-state index contributed by atoms with van der Waals surface area (Å²) >= 11 is 1.77. The van der Waals surface area contributed by atoms with Crippen molar-refractivity contribution < 1.29 is 14.3 Å². The average molecular weight is 351 g/mol. The zero-order valence-corrected chi connectivity index (χ0v) is 14.6. The predicted octanol–water partition coefficient (Wildman–Crippen LogP) is 2.00.